The molecule has 1 atom stereocenters. The van der Waals surface area contributed by atoms with Crippen LogP contribution in [0.3, 0.4) is 0 Å². The fourth-order valence-corrected chi connectivity index (χ4v) is 1.62. The lowest BCUT2D eigenvalue weighted by Crippen LogP contribution is -2.14. The highest BCUT2D eigenvalue weighted by atomic mass is 32.2. The molecule has 0 amide bonds. The van der Waals surface area contributed by atoms with Crippen molar-refractivity contribution in [3.8, 4) is 0 Å². The van der Waals surface area contributed by atoms with Crippen molar-refractivity contribution in [2.24, 2.45) is 16.6 Å². The molecular weight excluding hydrogens is 168 g/mol. The number of nitrogens with two attached hydrogens (primary N) is 1. The molecule has 12 heavy (non-hydrogen) atoms. The summed E-state index contributed by atoms with van der Waals surface area (Å²) in [4.78, 5) is 4.31. The SMILES string of the molecule is CCCC(N)=NCC(C)CSC. The Morgan fingerprint density at radius 2 is 2.25 bits per heavy atom. The van der Waals surface area contributed by atoms with E-state index in [4.69, 9.17) is 5.73 Å². The molecule has 0 aromatic heterocycles. The minimum atomic E-state index is 0.649. The Morgan fingerprint density at radius 3 is 2.75 bits per heavy atom. The van der Waals surface area contributed by atoms with Crippen LogP contribution in [-0.4, -0.2) is 24.4 Å². The summed E-state index contributed by atoms with van der Waals surface area (Å²) >= 11 is 1.86. The minimum absolute atomic E-state index is 0.649. The molecule has 72 valence electrons. The first-order valence-corrected chi connectivity index (χ1v) is 5.87. The lowest BCUT2D eigenvalue weighted by molar-refractivity contribution is 0.675. The predicted octanol–water partition coefficient (Wildman–Crippen LogP) is 2.14. The fourth-order valence-electron chi connectivity index (χ4n) is 0.946. The van der Waals surface area contributed by atoms with E-state index < -0.39 is 0 Å². The minimum Gasteiger partial charge on any atom is -0.387 e. The standard InChI is InChI=1S/C9H20N2S/c1-4-5-9(10)11-6-8(2)7-12-3/h8H,4-7H2,1-3H3,(H2,10,11). The normalized spacial score (nSPS) is 14.8. The Kier molecular flexibility index (Phi) is 7.36. The molecule has 0 bridgehead atoms. The van der Waals surface area contributed by atoms with Crippen molar-refractivity contribution >= 4 is 17.6 Å². The first kappa shape index (κ1) is 11.8. The van der Waals surface area contributed by atoms with Crippen LogP contribution < -0.4 is 5.73 Å². The molecule has 0 aliphatic heterocycles. The summed E-state index contributed by atoms with van der Waals surface area (Å²) in [7, 11) is 0. The zero-order valence-electron chi connectivity index (χ0n) is 8.34. The van der Waals surface area contributed by atoms with Crippen molar-refractivity contribution in [3.63, 3.8) is 0 Å². The van der Waals surface area contributed by atoms with Gasteiger partial charge in [-0.05, 0) is 24.3 Å². The molecule has 0 fully saturated rings. The number of aliphatic imine (C=N–C) groups is 1. The van der Waals surface area contributed by atoms with Crippen molar-refractivity contribution < 1.29 is 0 Å². The van der Waals surface area contributed by atoms with Gasteiger partial charge in [0.25, 0.3) is 0 Å². The first-order chi connectivity index (χ1) is 5.70. The zero-order valence-corrected chi connectivity index (χ0v) is 9.16. The highest BCUT2D eigenvalue weighted by molar-refractivity contribution is 7.98. The summed E-state index contributed by atoms with van der Waals surface area (Å²) in [5.41, 5.74) is 5.67. The average Bonchev–Trinajstić information content (AvgIpc) is 2.02. The van der Waals surface area contributed by atoms with Crippen molar-refractivity contribution in [2.45, 2.75) is 26.7 Å². The Hall–Kier alpha value is -0.180. The van der Waals surface area contributed by atoms with E-state index in [2.05, 4.69) is 25.1 Å². The van der Waals surface area contributed by atoms with Gasteiger partial charge in [0, 0.05) is 13.0 Å². The third-order valence-electron chi connectivity index (χ3n) is 1.56. The van der Waals surface area contributed by atoms with E-state index in [1.807, 2.05) is 11.8 Å². The van der Waals surface area contributed by atoms with Gasteiger partial charge >= 0.3 is 0 Å². The molecular formula is C9H20N2S. The fraction of sp³-hybridized carbons (Fsp3) is 0.889. The van der Waals surface area contributed by atoms with Crippen LogP contribution >= 0.6 is 11.8 Å². The van der Waals surface area contributed by atoms with Crippen molar-refractivity contribution in [2.75, 3.05) is 18.6 Å². The number of amidine groups is 1. The van der Waals surface area contributed by atoms with E-state index in [1.54, 1.807) is 0 Å². The number of thioether (sulfide) groups is 1. The molecule has 0 saturated carbocycles. The van der Waals surface area contributed by atoms with Crippen molar-refractivity contribution in [3.05, 3.63) is 0 Å². The van der Waals surface area contributed by atoms with Gasteiger partial charge in [-0.1, -0.05) is 13.8 Å². The average molecular weight is 188 g/mol. The topological polar surface area (TPSA) is 38.4 Å². The van der Waals surface area contributed by atoms with Crippen LogP contribution in [0.4, 0.5) is 0 Å². The maximum absolute atomic E-state index is 5.67. The molecule has 2 nitrogen and oxygen atoms in total. The van der Waals surface area contributed by atoms with Crippen LogP contribution in [0.5, 0.6) is 0 Å². The molecule has 0 aromatic carbocycles. The van der Waals surface area contributed by atoms with E-state index in [9.17, 15) is 0 Å². The van der Waals surface area contributed by atoms with Gasteiger partial charge in [0.2, 0.25) is 0 Å². The van der Waals surface area contributed by atoms with Gasteiger partial charge in [0.1, 0.15) is 0 Å². The summed E-state index contributed by atoms with van der Waals surface area (Å²) in [6, 6.07) is 0. The maximum Gasteiger partial charge on any atom is 0.0937 e. The van der Waals surface area contributed by atoms with Gasteiger partial charge in [0.15, 0.2) is 0 Å². The van der Waals surface area contributed by atoms with Crippen molar-refractivity contribution in [1.82, 2.24) is 0 Å². The van der Waals surface area contributed by atoms with Gasteiger partial charge in [-0.2, -0.15) is 11.8 Å². The van der Waals surface area contributed by atoms with Gasteiger partial charge in [-0.3, -0.25) is 4.99 Å². The van der Waals surface area contributed by atoms with Gasteiger partial charge in [-0.15, -0.1) is 0 Å². The Bertz CT molecular complexity index is 134. The summed E-state index contributed by atoms with van der Waals surface area (Å²) < 4.78 is 0. The van der Waals surface area contributed by atoms with Crippen LogP contribution in [0.15, 0.2) is 4.99 Å². The highest BCUT2D eigenvalue weighted by Gasteiger charge is 1.99. The lowest BCUT2D eigenvalue weighted by Gasteiger charge is -2.06. The van der Waals surface area contributed by atoms with E-state index in [1.165, 1.54) is 5.75 Å². The summed E-state index contributed by atoms with van der Waals surface area (Å²) in [6.07, 6.45) is 4.15. The molecule has 0 spiro atoms. The van der Waals surface area contributed by atoms with Crippen molar-refractivity contribution in [1.29, 1.82) is 0 Å². The van der Waals surface area contributed by atoms with Crippen LogP contribution in [-0.2, 0) is 0 Å². The van der Waals surface area contributed by atoms with E-state index in [-0.39, 0.29) is 0 Å². The number of nitrogens with zero attached hydrogens (tertiary/aromatic N) is 1. The second-order valence-electron chi connectivity index (χ2n) is 3.14. The van der Waals surface area contributed by atoms with Crippen LogP contribution in [0.2, 0.25) is 0 Å². The van der Waals surface area contributed by atoms with Crippen LogP contribution in [0, 0.1) is 5.92 Å². The second-order valence-corrected chi connectivity index (χ2v) is 4.05. The molecule has 0 rings (SSSR count). The van der Waals surface area contributed by atoms with E-state index in [0.717, 1.165) is 25.2 Å². The summed E-state index contributed by atoms with van der Waals surface area (Å²) in [5, 5.41) is 0. The van der Waals surface area contributed by atoms with E-state index >= 15 is 0 Å². The molecule has 0 radical (unpaired) electrons. The molecule has 0 aliphatic carbocycles. The third-order valence-corrected chi connectivity index (χ3v) is 2.47. The summed E-state index contributed by atoms with van der Waals surface area (Å²) in [5.74, 6) is 2.63. The maximum atomic E-state index is 5.67. The monoisotopic (exact) mass is 188 g/mol. The van der Waals surface area contributed by atoms with Gasteiger partial charge < -0.3 is 5.73 Å². The highest BCUT2D eigenvalue weighted by Crippen LogP contribution is 2.04. The van der Waals surface area contributed by atoms with Gasteiger partial charge in [0.05, 0.1) is 5.84 Å². The quantitative estimate of drug-likeness (QED) is 0.512. The summed E-state index contributed by atoms with van der Waals surface area (Å²) in [6.45, 7) is 5.21. The lowest BCUT2D eigenvalue weighted by atomic mass is 10.2. The molecule has 0 aliphatic rings. The van der Waals surface area contributed by atoms with Crippen LogP contribution in [0.25, 0.3) is 0 Å². The van der Waals surface area contributed by atoms with Crippen LogP contribution in [0.1, 0.15) is 26.7 Å². The number of hydrogen-bond acceptors (Lipinski definition) is 2. The second kappa shape index (κ2) is 7.47. The number of rotatable bonds is 6. The molecule has 1 unspecified atom stereocenters. The smallest absolute Gasteiger partial charge is 0.0937 e. The Labute approximate surface area is 80.0 Å². The molecule has 3 heteroatoms. The number of hydrogen-bond donors (Lipinski definition) is 1. The molecule has 0 aromatic rings. The third kappa shape index (κ3) is 6.53. The first-order valence-electron chi connectivity index (χ1n) is 4.48. The predicted molar refractivity (Wildman–Crippen MR) is 58.9 cm³/mol. The van der Waals surface area contributed by atoms with Gasteiger partial charge in [-0.25, -0.2) is 0 Å². The zero-order chi connectivity index (χ0) is 9.40. The Morgan fingerprint density at radius 1 is 1.58 bits per heavy atom. The molecule has 0 saturated heterocycles. The molecule has 2 N–H and O–H groups in total. The molecule has 0 heterocycles. The Balaban J connectivity index is 3.55. The largest absolute Gasteiger partial charge is 0.387 e. The van der Waals surface area contributed by atoms with E-state index in [0.29, 0.717) is 5.92 Å².